The van der Waals surface area contributed by atoms with Gasteiger partial charge in [0.05, 0.1) is 5.41 Å². The Hall–Kier alpha value is -2.95. The van der Waals surface area contributed by atoms with Crippen molar-refractivity contribution in [3.05, 3.63) is 71.3 Å². The number of benzene rings is 2. The summed E-state index contributed by atoms with van der Waals surface area (Å²) in [6.45, 7) is 7.92. The minimum atomic E-state index is -0.603. The number of carbonyl (C=O) groups excluding carboxylic acids is 3. The van der Waals surface area contributed by atoms with Crippen molar-refractivity contribution in [2.75, 3.05) is 26.2 Å². The minimum Gasteiger partial charge on any atom is -0.339 e. The second-order valence-electron chi connectivity index (χ2n) is 8.45. The van der Waals surface area contributed by atoms with Crippen LogP contribution in [0.25, 0.3) is 0 Å². The van der Waals surface area contributed by atoms with Gasteiger partial charge in [-0.2, -0.15) is 0 Å². The average Bonchev–Trinajstić information content (AvgIpc) is 2.78. The van der Waals surface area contributed by atoms with Crippen molar-refractivity contribution in [1.82, 2.24) is 9.80 Å². The largest absolute Gasteiger partial charge is 0.339 e. The molecule has 1 heterocycles. The molecule has 5 heteroatoms. The zero-order valence-electron chi connectivity index (χ0n) is 18.1. The summed E-state index contributed by atoms with van der Waals surface area (Å²) in [5, 5.41) is 0. The normalized spacial score (nSPS) is 14.5. The van der Waals surface area contributed by atoms with Crippen LogP contribution in [0.5, 0.6) is 0 Å². The third-order valence-electron chi connectivity index (χ3n) is 5.89. The number of amides is 2. The molecule has 1 aliphatic rings. The quantitative estimate of drug-likeness (QED) is 0.689. The molecule has 2 aromatic carbocycles. The molecular weight excluding hydrogens is 376 g/mol. The Morgan fingerprint density at radius 3 is 1.97 bits per heavy atom. The Balaban J connectivity index is 1.50. The molecule has 0 aromatic heterocycles. The van der Waals surface area contributed by atoms with E-state index in [9.17, 15) is 14.4 Å². The monoisotopic (exact) mass is 406 g/mol. The summed E-state index contributed by atoms with van der Waals surface area (Å²) in [5.41, 5.74) is 2.13. The van der Waals surface area contributed by atoms with Crippen molar-refractivity contribution >= 4 is 17.6 Å². The van der Waals surface area contributed by atoms with Crippen molar-refractivity contribution in [2.24, 2.45) is 0 Å². The lowest BCUT2D eigenvalue weighted by atomic mass is 9.83. The summed E-state index contributed by atoms with van der Waals surface area (Å²) in [6.07, 6.45) is 0.415. The van der Waals surface area contributed by atoms with Crippen molar-refractivity contribution in [2.45, 2.75) is 39.0 Å². The Labute approximate surface area is 178 Å². The van der Waals surface area contributed by atoms with Crippen molar-refractivity contribution in [1.29, 1.82) is 0 Å². The summed E-state index contributed by atoms with van der Waals surface area (Å²) >= 11 is 0. The number of hydrogen-bond acceptors (Lipinski definition) is 3. The molecular formula is C25H30N2O3. The Morgan fingerprint density at radius 1 is 0.800 bits per heavy atom. The smallest absolute Gasteiger partial charge is 0.232 e. The Morgan fingerprint density at radius 2 is 1.37 bits per heavy atom. The van der Waals surface area contributed by atoms with Gasteiger partial charge >= 0.3 is 0 Å². The number of ketones is 1. The summed E-state index contributed by atoms with van der Waals surface area (Å²) in [5.74, 6) is 0.0435. The average molecular weight is 407 g/mol. The van der Waals surface area contributed by atoms with Gasteiger partial charge in [0.1, 0.15) is 0 Å². The molecule has 0 unspecified atom stereocenters. The fourth-order valence-corrected chi connectivity index (χ4v) is 3.79. The zero-order chi connectivity index (χ0) is 21.7. The number of aryl methyl sites for hydroxylation is 1. The van der Waals surface area contributed by atoms with E-state index in [2.05, 4.69) is 0 Å². The van der Waals surface area contributed by atoms with E-state index in [4.69, 9.17) is 0 Å². The van der Waals surface area contributed by atoms with Gasteiger partial charge in [-0.3, -0.25) is 14.4 Å². The number of rotatable bonds is 6. The highest BCUT2D eigenvalue weighted by Gasteiger charge is 2.35. The number of carbonyl (C=O) groups is 3. The lowest BCUT2D eigenvalue weighted by Crippen LogP contribution is -2.54. The number of nitrogens with zero attached hydrogens (tertiary/aromatic N) is 2. The van der Waals surface area contributed by atoms with E-state index in [1.165, 1.54) is 0 Å². The maximum Gasteiger partial charge on any atom is 0.232 e. The van der Waals surface area contributed by atoms with Crippen molar-refractivity contribution in [3.8, 4) is 0 Å². The molecule has 1 fully saturated rings. The maximum atomic E-state index is 13.1. The first-order valence-electron chi connectivity index (χ1n) is 10.5. The molecule has 0 N–H and O–H groups in total. The third-order valence-corrected chi connectivity index (χ3v) is 5.89. The maximum absolute atomic E-state index is 13.1. The first-order valence-corrected chi connectivity index (χ1v) is 10.5. The van der Waals surface area contributed by atoms with Gasteiger partial charge in [-0.05, 0) is 26.3 Å². The highest BCUT2D eigenvalue weighted by molar-refractivity contribution is 5.98. The molecule has 2 aromatic rings. The van der Waals surface area contributed by atoms with Gasteiger partial charge < -0.3 is 9.80 Å². The van der Waals surface area contributed by atoms with Crippen LogP contribution in [0.3, 0.4) is 0 Å². The van der Waals surface area contributed by atoms with E-state index in [-0.39, 0.29) is 30.4 Å². The molecule has 30 heavy (non-hydrogen) atoms. The Bertz CT molecular complexity index is 896. The molecule has 0 aliphatic carbocycles. The molecule has 0 bridgehead atoms. The van der Waals surface area contributed by atoms with Gasteiger partial charge in [0, 0.05) is 44.6 Å². The molecule has 0 spiro atoms. The lowest BCUT2D eigenvalue weighted by molar-refractivity contribution is -0.142. The topological polar surface area (TPSA) is 57.7 Å². The molecule has 1 saturated heterocycles. The van der Waals surface area contributed by atoms with Crippen LogP contribution in [0.4, 0.5) is 0 Å². The molecule has 3 rings (SSSR count). The molecule has 2 amide bonds. The number of hydrogen-bond donors (Lipinski definition) is 0. The van der Waals surface area contributed by atoms with E-state index in [0.29, 0.717) is 31.7 Å². The molecule has 0 atom stereocenters. The van der Waals surface area contributed by atoms with Crippen molar-refractivity contribution in [3.63, 3.8) is 0 Å². The highest BCUT2D eigenvalue weighted by Crippen LogP contribution is 2.26. The third kappa shape index (κ3) is 4.96. The van der Waals surface area contributed by atoms with Crippen LogP contribution in [-0.4, -0.2) is 53.6 Å². The van der Waals surface area contributed by atoms with Gasteiger partial charge in [0.25, 0.3) is 0 Å². The van der Waals surface area contributed by atoms with Crippen molar-refractivity contribution < 1.29 is 14.4 Å². The minimum absolute atomic E-state index is 0.0122. The lowest BCUT2D eigenvalue weighted by Gasteiger charge is -2.38. The summed E-state index contributed by atoms with van der Waals surface area (Å²) in [4.78, 5) is 41.5. The first-order chi connectivity index (χ1) is 14.3. The van der Waals surface area contributed by atoms with E-state index >= 15 is 0 Å². The molecule has 5 nitrogen and oxygen atoms in total. The highest BCUT2D eigenvalue weighted by atomic mass is 16.2. The molecule has 0 radical (unpaired) electrons. The van der Waals surface area contributed by atoms with Gasteiger partial charge in [-0.25, -0.2) is 0 Å². The second kappa shape index (κ2) is 9.24. The summed E-state index contributed by atoms with van der Waals surface area (Å²) in [6, 6.07) is 17.2. The van der Waals surface area contributed by atoms with Crippen LogP contribution in [-0.2, 0) is 15.0 Å². The van der Waals surface area contributed by atoms with E-state index < -0.39 is 5.41 Å². The second-order valence-corrected chi connectivity index (χ2v) is 8.45. The van der Waals surface area contributed by atoms with E-state index in [1.807, 2.05) is 68.1 Å². The predicted octanol–water partition coefficient (Wildman–Crippen LogP) is 3.61. The standard InChI is InChI=1S/C25H30N2O3/c1-19-9-11-20(12-10-19)22(28)13-14-23(29)26-15-17-27(18-16-26)24(30)25(2,3)21-7-5-4-6-8-21/h4-12H,13-18H2,1-3H3. The van der Waals surface area contributed by atoms with Gasteiger partial charge in [-0.15, -0.1) is 0 Å². The fourth-order valence-electron chi connectivity index (χ4n) is 3.79. The van der Waals surface area contributed by atoms with Gasteiger partial charge in [-0.1, -0.05) is 60.2 Å². The fraction of sp³-hybridized carbons (Fsp3) is 0.400. The Kier molecular flexibility index (Phi) is 6.70. The summed E-state index contributed by atoms with van der Waals surface area (Å²) in [7, 11) is 0. The first kappa shape index (κ1) is 21.8. The zero-order valence-corrected chi connectivity index (χ0v) is 18.1. The van der Waals surface area contributed by atoms with Crippen LogP contribution in [0, 0.1) is 6.92 Å². The van der Waals surface area contributed by atoms with E-state index in [0.717, 1.165) is 11.1 Å². The van der Waals surface area contributed by atoms with Gasteiger partial charge in [0.15, 0.2) is 5.78 Å². The van der Waals surface area contributed by atoms with Crippen LogP contribution >= 0.6 is 0 Å². The summed E-state index contributed by atoms with van der Waals surface area (Å²) < 4.78 is 0. The van der Waals surface area contributed by atoms with Crippen LogP contribution < -0.4 is 0 Å². The molecule has 1 aliphatic heterocycles. The van der Waals surface area contributed by atoms with Crippen LogP contribution in [0.2, 0.25) is 0 Å². The van der Waals surface area contributed by atoms with E-state index in [1.54, 1.807) is 17.0 Å². The molecule has 0 saturated carbocycles. The molecule has 158 valence electrons. The predicted molar refractivity (Wildman–Crippen MR) is 117 cm³/mol. The SMILES string of the molecule is Cc1ccc(C(=O)CCC(=O)N2CCN(C(=O)C(C)(C)c3ccccc3)CC2)cc1. The van der Waals surface area contributed by atoms with Crippen LogP contribution in [0.15, 0.2) is 54.6 Å². The number of piperazine rings is 1. The number of Topliss-reactive ketones (excluding diaryl/α,β-unsaturated/α-hetero) is 1. The van der Waals surface area contributed by atoms with Gasteiger partial charge in [0.2, 0.25) is 11.8 Å². The van der Waals surface area contributed by atoms with Crippen LogP contribution in [0.1, 0.15) is 48.2 Å².